The Morgan fingerprint density at radius 3 is 2.03 bits per heavy atom. The van der Waals surface area contributed by atoms with Gasteiger partial charge in [-0.1, -0.05) is 125 Å². The molecule has 17 heteroatoms. The number of nitrogens with zero attached hydrogens (tertiary/aromatic N) is 5. The van der Waals surface area contributed by atoms with Crippen LogP contribution in [0.4, 0.5) is 0 Å². The maximum Gasteiger partial charge on any atom is 0.246 e. The van der Waals surface area contributed by atoms with Crippen LogP contribution in [0.25, 0.3) is 17.2 Å². The van der Waals surface area contributed by atoms with Gasteiger partial charge in [-0.3, -0.25) is 28.7 Å². The highest BCUT2D eigenvalue weighted by atomic mass is 35.5. The van der Waals surface area contributed by atoms with E-state index < -0.39 is 12.1 Å². The van der Waals surface area contributed by atoms with Crippen LogP contribution < -0.4 is 10.6 Å². The molecule has 1 fully saturated rings. The van der Waals surface area contributed by atoms with Crippen LogP contribution in [-0.2, 0) is 25.6 Å². The third-order valence-electron chi connectivity index (χ3n) is 12.5. The molecule has 0 aliphatic carbocycles. The molecule has 2 atom stereocenters. The van der Waals surface area contributed by atoms with E-state index in [1.165, 1.54) is 0 Å². The molecule has 2 aromatic heterocycles. The first kappa shape index (κ1) is 51.7. The number of Topliss-reactive ketones (excluding diaryl/α,β-unsaturated/α-hetero) is 1. The number of ketones is 1. The third-order valence-corrected chi connectivity index (χ3v) is 15.4. The Bertz CT molecular complexity index is 3020. The van der Waals surface area contributed by atoms with Crippen LogP contribution >= 0.6 is 69.3 Å². The molecule has 366 valence electrons. The number of thiophene rings is 1. The lowest BCUT2D eigenvalue weighted by Crippen LogP contribution is -2.52. The number of halogens is 5. The van der Waals surface area contributed by atoms with Crippen LogP contribution in [0, 0.1) is 20.8 Å². The van der Waals surface area contributed by atoms with Crippen LogP contribution in [0.5, 0.6) is 0 Å². The maximum absolute atomic E-state index is 14.6. The summed E-state index contributed by atoms with van der Waals surface area (Å²) in [6, 6.07) is 25.7. The molecular weight excluding hydrogens is 1020 g/mol. The van der Waals surface area contributed by atoms with Gasteiger partial charge in [0.1, 0.15) is 22.9 Å². The minimum Gasteiger partial charge on any atom is -0.356 e. The number of hydrogen-bond acceptors (Lipinski definition) is 8. The number of hydrogen-bond donors (Lipinski definition) is 2. The number of piperidine rings is 1. The number of carbonyl (C=O) groups is 4. The number of fused-ring (bicyclic) bond motifs is 3. The van der Waals surface area contributed by atoms with Gasteiger partial charge < -0.3 is 15.5 Å². The topological polar surface area (TPSA) is 139 Å². The summed E-state index contributed by atoms with van der Waals surface area (Å²) >= 11 is 33.0. The van der Waals surface area contributed by atoms with Crippen LogP contribution in [0.3, 0.4) is 0 Å². The number of carbonyl (C=O) groups excluding carboxylic acids is 4. The molecule has 1 saturated heterocycles. The van der Waals surface area contributed by atoms with Crippen molar-refractivity contribution in [1.82, 2.24) is 30.3 Å². The highest BCUT2D eigenvalue weighted by Crippen LogP contribution is 2.40. The van der Waals surface area contributed by atoms with Gasteiger partial charge in [0.25, 0.3) is 0 Å². The zero-order valence-corrected chi connectivity index (χ0v) is 43.8. The SMILES string of the molecule is Cc1sc2c(c1C)C(c1ccc(Cl)cc1)=N[C@@H](CC(=O)NCCCCCCC(=O)N[C@H](Cc1ccccc1)C(=O)N1C/C(=C\c3ccc(Cl)c(Cl)c3)C(=O)/C(=C/c3ccc(Cl)c(Cl)c3)C1)c1nnc(C)n1-2. The molecule has 2 N–H and O–H groups in total. The number of aryl methyl sites for hydroxylation is 2. The predicted octanol–water partition coefficient (Wildman–Crippen LogP) is 12.2. The Labute approximate surface area is 441 Å². The fourth-order valence-electron chi connectivity index (χ4n) is 8.71. The van der Waals surface area contributed by atoms with E-state index in [9.17, 15) is 19.2 Å². The predicted molar refractivity (Wildman–Crippen MR) is 287 cm³/mol. The molecule has 0 radical (unpaired) electrons. The second-order valence-corrected chi connectivity index (χ2v) is 20.9. The van der Waals surface area contributed by atoms with Crippen LogP contribution in [0.2, 0.25) is 25.1 Å². The molecule has 11 nitrogen and oxygen atoms in total. The largest absolute Gasteiger partial charge is 0.356 e. The second kappa shape index (κ2) is 23.3. The van der Waals surface area contributed by atoms with Gasteiger partial charge in [-0.15, -0.1) is 21.5 Å². The molecule has 0 unspecified atom stereocenters. The van der Waals surface area contributed by atoms with Crippen molar-refractivity contribution >= 4 is 111 Å². The zero-order valence-electron chi connectivity index (χ0n) is 39.2. The standard InChI is InChI=1S/C54H50Cl5N7O4S/c1-31-32(2)71-54-49(31)50(37-16-18-40(55)19-17-37)62-45(52-64-63-33(3)66(52)54)28-48(68)60-22-10-5-4-9-13-47(67)61-46(27-34-11-7-6-8-12-34)53(70)65-29-38(23-35-14-20-41(56)43(58)25-35)51(69)39(30-65)24-36-15-21-42(57)44(59)26-36/h6-8,11-12,14-21,23-26,45-46H,4-5,9-10,13,22,27-30H2,1-3H3,(H,60,68)(H,61,67)/b38-23+,39-24+/t45-,46+/m0/s1. The number of unbranched alkanes of at least 4 members (excludes halogenated alkanes) is 3. The Balaban J connectivity index is 0.887. The first-order valence-corrected chi connectivity index (χ1v) is 25.9. The highest BCUT2D eigenvalue weighted by Gasteiger charge is 2.35. The van der Waals surface area contributed by atoms with Gasteiger partial charge in [0.05, 0.1) is 32.2 Å². The molecule has 6 aromatic rings. The normalized spacial score (nSPS) is 16.1. The van der Waals surface area contributed by atoms with Gasteiger partial charge in [0.2, 0.25) is 17.7 Å². The lowest BCUT2D eigenvalue weighted by atomic mass is 9.93. The second-order valence-electron chi connectivity index (χ2n) is 17.6. The lowest BCUT2D eigenvalue weighted by Gasteiger charge is -2.33. The van der Waals surface area contributed by atoms with E-state index in [-0.39, 0.29) is 55.9 Å². The molecule has 0 bridgehead atoms. The molecule has 2 aliphatic heterocycles. The minimum atomic E-state index is -0.913. The summed E-state index contributed by atoms with van der Waals surface area (Å²) in [5, 5.41) is 18.0. The fourth-order valence-corrected chi connectivity index (χ4v) is 10.7. The van der Waals surface area contributed by atoms with E-state index in [0.717, 1.165) is 56.5 Å². The molecule has 0 spiro atoms. The number of amides is 3. The van der Waals surface area contributed by atoms with Gasteiger partial charge in [-0.25, -0.2) is 0 Å². The zero-order chi connectivity index (χ0) is 50.3. The summed E-state index contributed by atoms with van der Waals surface area (Å²) < 4.78 is 2.03. The maximum atomic E-state index is 14.6. The van der Waals surface area contributed by atoms with E-state index in [4.69, 9.17) is 63.0 Å². The van der Waals surface area contributed by atoms with Crippen molar-refractivity contribution < 1.29 is 19.2 Å². The van der Waals surface area contributed by atoms with Crippen molar-refractivity contribution in [3.63, 3.8) is 0 Å². The van der Waals surface area contributed by atoms with Crippen molar-refractivity contribution in [3.8, 4) is 5.00 Å². The van der Waals surface area contributed by atoms with Crippen LogP contribution in [0.1, 0.15) is 94.5 Å². The third kappa shape index (κ3) is 12.5. The molecule has 2 aliphatic rings. The van der Waals surface area contributed by atoms with E-state index in [0.29, 0.717) is 72.6 Å². The summed E-state index contributed by atoms with van der Waals surface area (Å²) in [6.45, 7) is 6.55. The Hall–Kier alpha value is -5.60. The first-order valence-electron chi connectivity index (χ1n) is 23.2. The van der Waals surface area contributed by atoms with Crippen LogP contribution in [-0.4, -0.2) is 74.6 Å². The van der Waals surface area contributed by atoms with Gasteiger partial charge in [0.15, 0.2) is 11.6 Å². The summed E-state index contributed by atoms with van der Waals surface area (Å²) in [5.74, 6) is 0.347. The first-order chi connectivity index (χ1) is 34.1. The van der Waals surface area contributed by atoms with E-state index >= 15 is 0 Å². The average Bonchev–Trinajstić information content (AvgIpc) is 3.83. The molecule has 4 aromatic carbocycles. The monoisotopic (exact) mass is 1070 g/mol. The Kier molecular flexibility index (Phi) is 17.0. The van der Waals surface area contributed by atoms with E-state index in [2.05, 4.69) is 34.7 Å². The average molecular weight is 1070 g/mol. The Morgan fingerprint density at radius 2 is 1.39 bits per heavy atom. The number of rotatable bonds is 16. The van der Waals surface area contributed by atoms with Gasteiger partial charge in [-0.2, -0.15) is 0 Å². The van der Waals surface area contributed by atoms with Crippen molar-refractivity contribution in [2.24, 2.45) is 4.99 Å². The van der Waals surface area contributed by atoms with Gasteiger partial charge in [0, 0.05) is 64.6 Å². The van der Waals surface area contributed by atoms with E-state index in [1.54, 1.807) is 64.8 Å². The number of benzene rings is 4. The highest BCUT2D eigenvalue weighted by molar-refractivity contribution is 7.15. The molecular formula is C54H50Cl5N7O4S. The minimum absolute atomic E-state index is 0.00314. The summed E-state index contributed by atoms with van der Waals surface area (Å²) in [7, 11) is 0. The van der Waals surface area contributed by atoms with Crippen molar-refractivity contribution in [3.05, 3.63) is 177 Å². The number of likely N-dealkylation sites (tertiary alicyclic amines) is 1. The van der Waals surface area contributed by atoms with Crippen molar-refractivity contribution in [1.29, 1.82) is 0 Å². The van der Waals surface area contributed by atoms with Crippen molar-refractivity contribution in [2.75, 3.05) is 19.6 Å². The van der Waals surface area contributed by atoms with Gasteiger partial charge in [-0.05, 0) is 104 Å². The lowest BCUT2D eigenvalue weighted by molar-refractivity contribution is -0.136. The quantitative estimate of drug-likeness (QED) is 0.0731. The van der Waals surface area contributed by atoms with Crippen molar-refractivity contribution in [2.45, 2.75) is 77.8 Å². The number of nitrogens with one attached hydrogen (secondary N) is 2. The number of aliphatic imine (C=N–C) groups is 1. The van der Waals surface area contributed by atoms with Crippen LogP contribution in [0.15, 0.2) is 107 Å². The summed E-state index contributed by atoms with van der Waals surface area (Å²) in [6.07, 6.45) is 6.73. The molecule has 4 heterocycles. The Morgan fingerprint density at radius 1 is 0.761 bits per heavy atom. The van der Waals surface area contributed by atoms with Gasteiger partial charge >= 0.3 is 0 Å². The smallest absolute Gasteiger partial charge is 0.246 e. The molecule has 3 amide bonds. The summed E-state index contributed by atoms with van der Waals surface area (Å²) in [4.78, 5) is 63.8. The summed E-state index contributed by atoms with van der Waals surface area (Å²) in [5.41, 5.74) is 6.67. The number of aromatic nitrogens is 3. The molecule has 8 rings (SSSR count). The van der Waals surface area contributed by atoms with E-state index in [1.807, 2.05) is 66.1 Å². The molecule has 71 heavy (non-hydrogen) atoms. The fraction of sp³-hybridized carbons (Fsp3) is 0.278. The molecule has 0 saturated carbocycles.